The highest BCUT2D eigenvalue weighted by atomic mass is 16.5. The van der Waals surface area contributed by atoms with Crippen LogP contribution >= 0.6 is 0 Å². The van der Waals surface area contributed by atoms with Gasteiger partial charge in [-0.25, -0.2) is 9.59 Å². The van der Waals surface area contributed by atoms with E-state index in [1.165, 1.54) is 7.11 Å². The van der Waals surface area contributed by atoms with E-state index in [1.807, 2.05) is 30.3 Å². The van der Waals surface area contributed by atoms with E-state index < -0.39 is 42.0 Å². The lowest BCUT2D eigenvalue weighted by Crippen LogP contribution is -2.59. The Morgan fingerprint density at radius 2 is 1.18 bits per heavy atom. The highest BCUT2D eigenvalue weighted by molar-refractivity contribution is 5.93. The van der Waals surface area contributed by atoms with E-state index in [9.17, 15) is 19.2 Å². The number of benzene rings is 1. The smallest absolute Gasteiger partial charge is 0.408 e. The second-order valence-corrected chi connectivity index (χ2v) is 8.91. The van der Waals surface area contributed by atoms with Crippen molar-refractivity contribution in [2.75, 3.05) is 7.11 Å². The first-order valence-corrected chi connectivity index (χ1v) is 11.1. The number of methoxy groups -OCH3 is 1. The van der Waals surface area contributed by atoms with Gasteiger partial charge in [0, 0.05) is 0 Å². The molecule has 1 rings (SSSR count). The molecule has 0 aromatic heterocycles. The summed E-state index contributed by atoms with van der Waals surface area (Å²) in [6, 6.07) is 6.51. The Kier molecular flexibility index (Phi) is 11.4. The molecule has 3 N–H and O–H groups in total. The van der Waals surface area contributed by atoms with Crippen LogP contribution in [0.5, 0.6) is 0 Å². The normalized spacial score (nSPS) is 13.8. The van der Waals surface area contributed by atoms with Crippen molar-refractivity contribution in [2.24, 2.45) is 17.8 Å². The molecule has 1 aromatic rings. The van der Waals surface area contributed by atoms with E-state index in [4.69, 9.17) is 9.47 Å². The largest absolute Gasteiger partial charge is 0.467 e. The predicted molar refractivity (Wildman–Crippen MR) is 124 cm³/mol. The Labute approximate surface area is 196 Å². The summed E-state index contributed by atoms with van der Waals surface area (Å²) < 4.78 is 9.98. The van der Waals surface area contributed by atoms with E-state index >= 15 is 0 Å². The Morgan fingerprint density at radius 1 is 0.727 bits per heavy atom. The van der Waals surface area contributed by atoms with Crippen LogP contribution < -0.4 is 16.0 Å². The first-order valence-electron chi connectivity index (χ1n) is 11.1. The van der Waals surface area contributed by atoms with Crippen molar-refractivity contribution in [1.29, 1.82) is 0 Å². The van der Waals surface area contributed by atoms with Gasteiger partial charge in [0.2, 0.25) is 11.8 Å². The monoisotopic (exact) mass is 463 g/mol. The van der Waals surface area contributed by atoms with Crippen LogP contribution in [0.4, 0.5) is 4.79 Å². The van der Waals surface area contributed by atoms with Crippen molar-refractivity contribution in [3.63, 3.8) is 0 Å². The maximum atomic E-state index is 13.0. The quantitative estimate of drug-likeness (QED) is 0.433. The molecule has 0 aliphatic carbocycles. The number of ether oxygens (including phenoxy) is 2. The highest BCUT2D eigenvalue weighted by Gasteiger charge is 2.33. The third kappa shape index (κ3) is 9.11. The van der Waals surface area contributed by atoms with Gasteiger partial charge in [-0.2, -0.15) is 0 Å². The third-order valence-electron chi connectivity index (χ3n) is 5.10. The molecule has 3 atom stereocenters. The molecule has 0 radical (unpaired) electrons. The zero-order valence-corrected chi connectivity index (χ0v) is 20.5. The molecule has 0 spiro atoms. The lowest BCUT2D eigenvalue weighted by molar-refractivity contribution is -0.146. The van der Waals surface area contributed by atoms with Crippen molar-refractivity contribution in [1.82, 2.24) is 16.0 Å². The molecule has 184 valence electrons. The van der Waals surface area contributed by atoms with E-state index in [2.05, 4.69) is 16.0 Å². The van der Waals surface area contributed by atoms with Crippen LogP contribution in [-0.4, -0.2) is 49.1 Å². The van der Waals surface area contributed by atoms with Gasteiger partial charge < -0.3 is 25.4 Å². The van der Waals surface area contributed by atoms with E-state index in [0.717, 1.165) is 5.56 Å². The van der Waals surface area contributed by atoms with E-state index in [0.29, 0.717) is 0 Å². The molecule has 1 aromatic carbocycles. The zero-order valence-electron chi connectivity index (χ0n) is 20.5. The summed E-state index contributed by atoms with van der Waals surface area (Å²) in [5.41, 5.74) is 0.819. The fraction of sp³-hybridized carbons (Fsp3) is 0.583. The number of carbonyl (C=O) groups excluding carboxylic acids is 4. The van der Waals surface area contributed by atoms with Crippen LogP contribution in [0.1, 0.15) is 47.1 Å². The minimum Gasteiger partial charge on any atom is -0.467 e. The first kappa shape index (κ1) is 27.9. The predicted octanol–water partition coefficient (Wildman–Crippen LogP) is 2.39. The number of alkyl carbamates (subject to hydrolysis) is 1. The summed E-state index contributed by atoms with van der Waals surface area (Å²) in [6.07, 6.45) is -0.733. The van der Waals surface area contributed by atoms with Crippen LogP contribution in [0.15, 0.2) is 30.3 Å². The molecule has 0 bridgehead atoms. The number of hydrogen-bond acceptors (Lipinski definition) is 6. The van der Waals surface area contributed by atoms with Crippen molar-refractivity contribution in [3.05, 3.63) is 35.9 Å². The van der Waals surface area contributed by atoms with Gasteiger partial charge >= 0.3 is 12.1 Å². The molecule has 0 heterocycles. The van der Waals surface area contributed by atoms with Crippen LogP contribution in [-0.2, 0) is 30.5 Å². The van der Waals surface area contributed by atoms with Gasteiger partial charge in [0.25, 0.3) is 0 Å². The first-order chi connectivity index (χ1) is 15.5. The van der Waals surface area contributed by atoms with Gasteiger partial charge in [0.1, 0.15) is 24.7 Å². The van der Waals surface area contributed by atoms with Gasteiger partial charge in [-0.1, -0.05) is 71.9 Å². The van der Waals surface area contributed by atoms with Crippen molar-refractivity contribution < 1.29 is 28.7 Å². The second-order valence-electron chi connectivity index (χ2n) is 8.91. The average Bonchev–Trinajstić information content (AvgIpc) is 2.77. The summed E-state index contributed by atoms with van der Waals surface area (Å²) in [4.78, 5) is 50.1. The van der Waals surface area contributed by atoms with Crippen LogP contribution in [0.25, 0.3) is 0 Å². The Hall–Kier alpha value is -3.10. The number of nitrogens with one attached hydrogen (secondary N) is 3. The molecule has 0 saturated carbocycles. The van der Waals surface area contributed by atoms with Gasteiger partial charge in [-0.3, -0.25) is 9.59 Å². The molecule has 9 nitrogen and oxygen atoms in total. The van der Waals surface area contributed by atoms with Gasteiger partial charge in [0.15, 0.2) is 0 Å². The van der Waals surface area contributed by atoms with Crippen LogP contribution in [0.3, 0.4) is 0 Å². The van der Waals surface area contributed by atoms with Gasteiger partial charge in [-0.15, -0.1) is 0 Å². The summed E-state index contributed by atoms with van der Waals surface area (Å²) in [6.45, 7) is 10.7. The fourth-order valence-corrected chi connectivity index (χ4v) is 3.07. The van der Waals surface area contributed by atoms with Gasteiger partial charge in [0.05, 0.1) is 7.11 Å². The summed E-state index contributed by atoms with van der Waals surface area (Å²) in [5, 5.41) is 7.94. The maximum absolute atomic E-state index is 13.0. The van der Waals surface area contributed by atoms with Crippen molar-refractivity contribution in [3.8, 4) is 0 Å². The number of amides is 3. The molecular weight excluding hydrogens is 426 g/mol. The minimum atomic E-state index is -0.913. The number of rotatable bonds is 11. The Bertz CT molecular complexity index is 795. The second kappa shape index (κ2) is 13.4. The molecule has 3 amide bonds. The summed E-state index contributed by atoms with van der Waals surface area (Å²) in [7, 11) is 1.25. The SMILES string of the molecule is COC(=O)[C@@H](NC(=O)C(NC(=O)[C@@H](NC(=O)OCc1ccccc1)C(C)C)C(C)C)C(C)C. The van der Waals surface area contributed by atoms with Crippen molar-refractivity contribution in [2.45, 2.75) is 66.3 Å². The molecule has 0 aliphatic rings. The standard InChI is InChI=1S/C24H37N3O6/c1-14(2)18(21(28)26-20(16(5)6)23(30)32-7)25-22(29)19(15(3)4)27-24(31)33-13-17-11-9-8-10-12-17/h8-12,14-16,18-20H,13H2,1-7H3,(H,25,29)(H,26,28)(H,27,31)/t18?,19-,20-/m0/s1. The fourth-order valence-electron chi connectivity index (χ4n) is 3.07. The molecular formula is C24H37N3O6. The highest BCUT2D eigenvalue weighted by Crippen LogP contribution is 2.10. The van der Waals surface area contributed by atoms with E-state index in [-0.39, 0.29) is 24.4 Å². The average molecular weight is 464 g/mol. The maximum Gasteiger partial charge on any atom is 0.408 e. The number of carbonyl (C=O) groups is 4. The molecule has 0 saturated heterocycles. The molecule has 0 fully saturated rings. The molecule has 33 heavy (non-hydrogen) atoms. The van der Waals surface area contributed by atoms with E-state index in [1.54, 1.807) is 41.5 Å². The zero-order chi connectivity index (χ0) is 25.1. The molecule has 0 aliphatic heterocycles. The van der Waals surface area contributed by atoms with Crippen molar-refractivity contribution >= 4 is 23.9 Å². The van der Waals surface area contributed by atoms with Crippen LogP contribution in [0.2, 0.25) is 0 Å². The topological polar surface area (TPSA) is 123 Å². The minimum absolute atomic E-state index is 0.0697. The number of hydrogen-bond donors (Lipinski definition) is 3. The van der Waals surface area contributed by atoms with Gasteiger partial charge in [-0.05, 0) is 23.3 Å². The third-order valence-corrected chi connectivity index (χ3v) is 5.10. The Balaban J connectivity index is 2.82. The molecule has 9 heteroatoms. The molecule has 1 unspecified atom stereocenters. The van der Waals surface area contributed by atoms with Crippen LogP contribution in [0, 0.1) is 17.8 Å². The summed E-state index contributed by atoms with van der Waals surface area (Å²) >= 11 is 0. The lowest BCUT2D eigenvalue weighted by Gasteiger charge is -2.28. The Morgan fingerprint density at radius 3 is 1.64 bits per heavy atom. The number of esters is 1. The summed E-state index contributed by atoms with van der Waals surface area (Å²) in [5.74, 6) is -2.31. The lowest BCUT2D eigenvalue weighted by atomic mass is 9.98.